The van der Waals surface area contributed by atoms with Crippen LogP contribution >= 0.6 is 23.2 Å². The number of nitrogens with zero attached hydrogens (tertiary/aromatic N) is 3. The molecule has 0 radical (unpaired) electrons. The Morgan fingerprint density at radius 2 is 2.08 bits per heavy atom. The molecule has 38 heavy (non-hydrogen) atoms. The molecule has 2 aliphatic rings. The van der Waals surface area contributed by atoms with Gasteiger partial charge >= 0.3 is 0 Å². The zero-order valence-corrected chi connectivity index (χ0v) is 22.3. The van der Waals surface area contributed by atoms with Crippen LogP contribution in [0.5, 0.6) is 5.75 Å². The first-order chi connectivity index (χ1) is 18.3. The van der Waals surface area contributed by atoms with Gasteiger partial charge in [-0.25, -0.2) is 4.39 Å². The number of nitrogens with two attached hydrogens (primary N) is 1. The van der Waals surface area contributed by atoms with Crippen molar-refractivity contribution in [1.82, 2.24) is 15.1 Å². The summed E-state index contributed by atoms with van der Waals surface area (Å²) < 4.78 is 19.5. The van der Waals surface area contributed by atoms with Gasteiger partial charge in [0, 0.05) is 44.2 Å². The third-order valence-corrected chi connectivity index (χ3v) is 7.75. The molecule has 2 aromatic carbocycles. The van der Waals surface area contributed by atoms with E-state index in [4.69, 9.17) is 33.7 Å². The minimum absolute atomic E-state index is 0.120. The van der Waals surface area contributed by atoms with E-state index in [1.807, 2.05) is 4.90 Å². The fourth-order valence-corrected chi connectivity index (χ4v) is 5.44. The van der Waals surface area contributed by atoms with Crippen LogP contribution in [0, 0.1) is 17.1 Å². The highest BCUT2D eigenvalue weighted by molar-refractivity contribution is 6.42. The van der Waals surface area contributed by atoms with Gasteiger partial charge in [0.25, 0.3) is 0 Å². The molecule has 0 saturated carbocycles. The molecule has 0 bridgehead atoms. The Kier molecular flexibility index (Phi) is 9.44. The van der Waals surface area contributed by atoms with Crippen molar-refractivity contribution in [3.05, 3.63) is 63.9 Å². The van der Waals surface area contributed by atoms with Gasteiger partial charge in [0.05, 0.1) is 22.2 Å². The number of halogens is 3. The zero-order valence-electron chi connectivity index (χ0n) is 20.8. The van der Waals surface area contributed by atoms with Gasteiger partial charge in [0.2, 0.25) is 11.8 Å². The number of nitriles is 1. The van der Waals surface area contributed by atoms with Crippen molar-refractivity contribution >= 4 is 35.0 Å². The molecule has 8 nitrogen and oxygen atoms in total. The average Bonchev–Trinajstić information content (AvgIpc) is 3.24. The molecule has 1 unspecified atom stereocenters. The molecule has 2 fully saturated rings. The van der Waals surface area contributed by atoms with Crippen LogP contribution in [-0.4, -0.2) is 65.5 Å². The van der Waals surface area contributed by atoms with E-state index in [9.17, 15) is 19.2 Å². The van der Waals surface area contributed by atoms with E-state index in [0.717, 1.165) is 5.56 Å². The third-order valence-electron chi connectivity index (χ3n) is 7.01. The molecule has 2 aliphatic heterocycles. The molecular weight excluding hydrogens is 532 g/mol. The van der Waals surface area contributed by atoms with Crippen molar-refractivity contribution in [3.63, 3.8) is 0 Å². The lowest BCUT2D eigenvalue weighted by Crippen LogP contribution is -2.53. The number of benzene rings is 2. The predicted octanol–water partition coefficient (Wildman–Crippen LogP) is 3.50. The van der Waals surface area contributed by atoms with Gasteiger partial charge in [0.1, 0.15) is 24.2 Å². The van der Waals surface area contributed by atoms with E-state index in [0.29, 0.717) is 41.7 Å². The number of carbonyl (C=O) groups excluding carboxylic acids is 2. The number of hydrogen-bond acceptors (Lipinski definition) is 6. The van der Waals surface area contributed by atoms with Crippen molar-refractivity contribution in [2.75, 3.05) is 19.7 Å². The van der Waals surface area contributed by atoms with Crippen LogP contribution in [0.1, 0.15) is 31.2 Å². The highest BCUT2D eigenvalue weighted by atomic mass is 35.5. The molecule has 2 amide bonds. The smallest absolute Gasteiger partial charge is 0.243 e. The number of ether oxygens (including phenoxy) is 1. The van der Waals surface area contributed by atoms with Crippen LogP contribution < -0.4 is 15.8 Å². The number of nitrogens with one attached hydrogen (secondary N) is 1. The standard InChI is InChI=1S/C27H30Cl2FN5O3/c28-22-7-6-17(11-23(22)29)14-33-26(36)24(5-2-9-31)34-10-8-20(16-38-21-4-1-3-18(30)12-21)35-15-19(32)13-25(35)27(34)37/h1,3-4,6-7,11-12,19-20,24-25H,2,5,8,10,13-16,32H2,(H,33,36)/t19-,20?,24-,25+/m1/s1. The first-order valence-electron chi connectivity index (χ1n) is 12.6. The van der Waals surface area contributed by atoms with Crippen LogP contribution in [0.25, 0.3) is 0 Å². The molecule has 11 heteroatoms. The van der Waals surface area contributed by atoms with E-state index >= 15 is 0 Å². The highest BCUT2D eigenvalue weighted by Crippen LogP contribution is 2.29. The van der Waals surface area contributed by atoms with Crippen LogP contribution in [0.3, 0.4) is 0 Å². The second kappa shape index (κ2) is 12.8. The Labute approximate surface area is 231 Å². The van der Waals surface area contributed by atoms with Gasteiger partial charge in [-0.3, -0.25) is 14.5 Å². The van der Waals surface area contributed by atoms with Gasteiger partial charge in [-0.1, -0.05) is 35.3 Å². The van der Waals surface area contributed by atoms with Crippen molar-refractivity contribution in [3.8, 4) is 11.8 Å². The molecule has 0 aromatic heterocycles. The number of rotatable bonds is 9. The summed E-state index contributed by atoms with van der Waals surface area (Å²) in [6.07, 6.45) is 1.32. The van der Waals surface area contributed by atoms with E-state index in [1.54, 1.807) is 35.2 Å². The number of amides is 2. The summed E-state index contributed by atoms with van der Waals surface area (Å²) in [6, 6.07) is 11.4. The minimum Gasteiger partial charge on any atom is -0.492 e. The Bertz CT molecular complexity index is 1210. The average molecular weight is 562 g/mol. The van der Waals surface area contributed by atoms with E-state index in [1.165, 1.54) is 12.1 Å². The summed E-state index contributed by atoms with van der Waals surface area (Å²) in [5.41, 5.74) is 7.01. The van der Waals surface area contributed by atoms with Crippen molar-refractivity contribution < 1.29 is 18.7 Å². The lowest BCUT2D eigenvalue weighted by molar-refractivity contribution is -0.143. The number of hydrogen-bond donors (Lipinski definition) is 2. The molecule has 2 aromatic rings. The zero-order chi connectivity index (χ0) is 27.2. The molecule has 3 N–H and O–H groups in total. The molecule has 2 heterocycles. The Hall–Kier alpha value is -2.90. The first kappa shape index (κ1) is 28.1. The topological polar surface area (TPSA) is 112 Å². The summed E-state index contributed by atoms with van der Waals surface area (Å²) in [5.74, 6) is -0.508. The largest absolute Gasteiger partial charge is 0.492 e. The van der Waals surface area contributed by atoms with E-state index in [2.05, 4.69) is 11.4 Å². The molecule has 2 saturated heterocycles. The predicted molar refractivity (Wildman–Crippen MR) is 142 cm³/mol. The maximum Gasteiger partial charge on any atom is 0.243 e. The third kappa shape index (κ3) is 6.75. The van der Waals surface area contributed by atoms with Crippen molar-refractivity contribution in [2.24, 2.45) is 5.73 Å². The fraction of sp³-hybridized carbons (Fsp3) is 0.444. The molecule has 0 spiro atoms. The quantitative estimate of drug-likeness (QED) is 0.484. The van der Waals surface area contributed by atoms with Crippen LogP contribution in [0.15, 0.2) is 42.5 Å². The van der Waals surface area contributed by atoms with E-state index in [-0.39, 0.29) is 49.9 Å². The highest BCUT2D eigenvalue weighted by Gasteiger charge is 2.45. The SMILES string of the molecule is N#CCC[C@H](C(=O)NCc1ccc(Cl)c(Cl)c1)N1CCC(COc2cccc(F)c2)N2C[C@H](N)C[C@H]2C1=O. The minimum atomic E-state index is -0.813. The lowest BCUT2D eigenvalue weighted by Gasteiger charge is -2.32. The Morgan fingerprint density at radius 1 is 1.26 bits per heavy atom. The van der Waals surface area contributed by atoms with Gasteiger partial charge < -0.3 is 20.7 Å². The normalized spacial score (nSPS) is 22.3. The van der Waals surface area contributed by atoms with Crippen LogP contribution in [-0.2, 0) is 16.1 Å². The fourth-order valence-electron chi connectivity index (χ4n) is 5.12. The van der Waals surface area contributed by atoms with Crippen LogP contribution in [0.2, 0.25) is 10.0 Å². The molecule has 202 valence electrons. The molecule has 0 aliphatic carbocycles. The second-order valence-electron chi connectivity index (χ2n) is 9.63. The van der Waals surface area contributed by atoms with Gasteiger partial charge in [-0.15, -0.1) is 0 Å². The second-order valence-corrected chi connectivity index (χ2v) is 10.4. The summed E-state index contributed by atoms with van der Waals surface area (Å²) in [5, 5.41) is 12.9. The molecular formula is C27H30Cl2FN5O3. The monoisotopic (exact) mass is 561 g/mol. The van der Waals surface area contributed by atoms with Crippen molar-refractivity contribution in [2.45, 2.75) is 56.4 Å². The van der Waals surface area contributed by atoms with E-state index < -0.39 is 17.9 Å². The summed E-state index contributed by atoms with van der Waals surface area (Å²) in [7, 11) is 0. The van der Waals surface area contributed by atoms with Crippen molar-refractivity contribution in [1.29, 1.82) is 5.26 Å². The summed E-state index contributed by atoms with van der Waals surface area (Å²) in [4.78, 5) is 30.7. The number of carbonyl (C=O) groups is 2. The Morgan fingerprint density at radius 3 is 2.82 bits per heavy atom. The first-order valence-corrected chi connectivity index (χ1v) is 13.3. The number of fused-ring (bicyclic) bond motifs is 1. The molecule has 4 atom stereocenters. The van der Waals surface area contributed by atoms with Gasteiger partial charge in [-0.2, -0.15) is 5.26 Å². The van der Waals surface area contributed by atoms with Gasteiger partial charge in [-0.05, 0) is 49.1 Å². The van der Waals surface area contributed by atoms with Crippen LogP contribution in [0.4, 0.5) is 4.39 Å². The Balaban J connectivity index is 1.49. The molecule has 4 rings (SSSR count). The summed E-state index contributed by atoms with van der Waals surface area (Å²) in [6.45, 7) is 1.29. The maximum absolute atomic E-state index is 13.7. The lowest BCUT2D eigenvalue weighted by atomic mass is 10.1. The van der Waals surface area contributed by atoms with Gasteiger partial charge in [0.15, 0.2) is 0 Å². The summed E-state index contributed by atoms with van der Waals surface area (Å²) >= 11 is 12.1. The maximum atomic E-state index is 13.7.